The Labute approximate surface area is 106 Å². The number of cyclic esters (lactones) is 1. The van der Waals surface area contributed by atoms with Gasteiger partial charge in [0.05, 0.1) is 0 Å². The Morgan fingerprint density at radius 1 is 1.22 bits per heavy atom. The summed E-state index contributed by atoms with van der Waals surface area (Å²) >= 11 is 0. The zero-order chi connectivity index (χ0) is 12.5. The molecule has 18 heavy (non-hydrogen) atoms. The van der Waals surface area contributed by atoms with Crippen molar-refractivity contribution in [2.45, 2.75) is 12.5 Å². The van der Waals surface area contributed by atoms with Crippen LogP contribution in [0.15, 0.2) is 42.5 Å². The number of nitrogens with zero attached hydrogens (tertiary/aromatic N) is 1. The molecule has 3 nitrogen and oxygen atoms in total. The number of ether oxygens (including phenoxy) is 1. The van der Waals surface area contributed by atoms with Crippen LogP contribution < -0.4 is 0 Å². The average molecular weight is 241 g/mol. The standard InChI is InChI=1S/C15H15NO2/c1-16-10-18-15(17)14(16)9-11-6-7-12-4-2-3-5-13(12)8-11/h2-8,14H,9-10H2,1H3. The van der Waals surface area contributed by atoms with Gasteiger partial charge in [-0.1, -0.05) is 42.5 Å². The Hall–Kier alpha value is -1.87. The van der Waals surface area contributed by atoms with Crippen LogP contribution in [0.1, 0.15) is 5.56 Å². The van der Waals surface area contributed by atoms with Crippen LogP contribution in [0.4, 0.5) is 0 Å². The van der Waals surface area contributed by atoms with Gasteiger partial charge in [0.15, 0.2) is 0 Å². The highest BCUT2D eigenvalue weighted by molar-refractivity contribution is 5.83. The summed E-state index contributed by atoms with van der Waals surface area (Å²) in [6, 6.07) is 14.4. The van der Waals surface area contributed by atoms with E-state index in [2.05, 4.69) is 30.3 Å². The van der Waals surface area contributed by atoms with Crippen molar-refractivity contribution >= 4 is 16.7 Å². The Balaban J connectivity index is 1.88. The maximum Gasteiger partial charge on any atom is 0.325 e. The van der Waals surface area contributed by atoms with Crippen LogP contribution in [0.3, 0.4) is 0 Å². The Kier molecular flexibility index (Phi) is 2.76. The van der Waals surface area contributed by atoms with E-state index >= 15 is 0 Å². The highest BCUT2D eigenvalue weighted by Crippen LogP contribution is 2.19. The van der Waals surface area contributed by atoms with Gasteiger partial charge in [-0.2, -0.15) is 0 Å². The van der Waals surface area contributed by atoms with Crippen molar-refractivity contribution in [1.82, 2.24) is 4.90 Å². The van der Waals surface area contributed by atoms with Crippen molar-refractivity contribution in [3.8, 4) is 0 Å². The molecule has 1 atom stereocenters. The van der Waals surface area contributed by atoms with Crippen LogP contribution in [0.25, 0.3) is 10.8 Å². The maximum absolute atomic E-state index is 11.6. The summed E-state index contributed by atoms with van der Waals surface area (Å²) in [6.07, 6.45) is 0.708. The van der Waals surface area contributed by atoms with Crippen molar-refractivity contribution in [3.05, 3.63) is 48.0 Å². The molecule has 92 valence electrons. The van der Waals surface area contributed by atoms with Gasteiger partial charge in [-0.3, -0.25) is 9.69 Å². The van der Waals surface area contributed by atoms with E-state index in [0.717, 1.165) is 0 Å². The summed E-state index contributed by atoms with van der Waals surface area (Å²) in [5.74, 6) is -0.120. The summed E-state index contributed by atoms with van der Waals surface area (Å²) in [5, 5.41) is 2.44. The molecule has 0 aliphatic carbocycles. The third kappa shape index (κ3) is 1.97. The molecular formula is C15H15NO2. The summed E-state index contributed by atoms with van der Waals surface area (Å²) in [7, 11) is 1.91. The van der Waals surface area contributed by atoms with Gasteiger partial charge in [0.2, 0.25) is 0 Å². The predicted octanol–water partition coefficient (Wildman–Crippen LogP) is 2.20. The Bertz CT molecular complexity index is 594. The quantitative estimate of drug-likeness (QED) is 0.755. The largest absolute Gasteiger partial charge is 0.448 e. The van der Waals surface area contributed by atoms with E-state index in [4.69, 9.17) is 4.74 Å². The van der Waals surface area contributed by atoms with Gasteiger partial charge in [0, 0.05) is 0 Å². The van der Waals surface area contributed by atoms with Crippen LogP contribution in [0.5, 0.6) is 0 Å². The molecule has 0 saturated carbocycles. The molecule has 1 saturated heterocycles. The number of likely N-dealkylation sites (N-methyl/N-ethyl adjacent to an activating group) is 1. The second-order valence-electron chi connectivity index (χ2n) is 4.75. The van der Waals surface area contributed by atoms with Gasteiger partial charge in [-0.15, -0.1) is 0 Å². The first-order chi connectivity index (χ1) is 8.74. The zero-order valence-corrected chi connectivity index (χ0v) is 10.3. The van der Waals surface area contributed by atoms with Gasteiger partial charge in [0.1, 0.15) is 12.8 Å². The third-order valence-corrected chi connectivity index (χ3v) is 3.46. The number of benzene rings is 2. The molecule has 1 aliphatic rings. The average Bonchev–Trinajstić information content (AvgIpc) is 2.70. The first kappa shape index (κ1) is 11.2. The van der Waals surface area contributed by atoms with E-state index in [1.165, 1.54) is 16.3 Å². The number of hydrogen-bond acceptors (Lipinski definition) is 3. The van der Waals surface area contributed by atoms with E-state index in [1.807, 2.05) is 24.1 Å². The molecule has 0 amide bonds. The Morgan fingerprint density at radius 3 is 2.72 bits per heavy atom. The van der Waals surface area contributed by atoms with E-state index in [-0.39, 0.29) is 12.0 Å². The molecule has 0 N–H and O–H groups in total. The number of carbonyl (C=O) groups excluding carboxylic acids is 1. The van der Waals surface area contributed by atoms with E-state index in [1.54, 1.807) is 0 Å². The van der Waals surface area contributed by atoms with Crippen molar-refractivity contribution in [2.24, 2.45) is 0 Å². The summed E-state index contributed by atoms with van der Waals surface area (Å²) in [6.45, 7) is 0.400. The molecule has 1 heterocycles. The minimum Gasteiger partial charge on any atom is -0.448 e. The van der Waals surface area contributed by atoms with Crippen LogP contribution in [-0.4, -0.2) is 30.7 Å². The van der Waals surface area contributed by atoms with E-state index < -0.39 is 0 Å². The molecule has 1 unspecified atom stereocenters. The fraction of sp³-hybridized carbons (Fsp3) is 0.267. The molecule has 1 aliphatic heterocycles. The fourth-order valence-corrected chi connectivity index (χ4v) is 2.36. The monoisotopic (exact) mass is 241 g/mol. The smallest absolute Gasteiger partial charge is 0.325 e. The highest BCUT2D eigenvalue weighted by Gasteiger charge is 2.31. The Morgan fingerprint density at radius 2 is 2.00 bits per heavy atom. The number of rotatable bonds is 2. The van der Waals surface area contributed by atoms with Crippen LogP contribution in [0, 0.1) is 0 Å². The van der Waals surface area contributed by atoms with E-state index in [0.29, 0.717) is 13.2 Å². The van der Waals surface area contributed by atoms with Gasteiger partial charge in [0.25, 0.3) is 0 Å². The lowest BCUT2D eigenvalue weighted by Gasteiger charge is -2.14. The van der Waals surface area contributed by atoms with Crippen LogP contribution in [0.2, 0.25) is 0 Å². The number of esters is 1. The molecule has 1 fully saturated rings. The molecule has 0 bridgehead atoms. The SMILES string of the molecule is CN1COC(=O)C1Cc1ccc2ccccc2c1. The molecule has 3 heteroatoms. The fourth-order valence-electron chi connectivity index (χ4n) is 2.36. The first-order valence-corrected chi connectivity index (χ1v) is 6.08. The van der Waals surface area contributed by atoms with Gasteiger partial charge >= 0.3 is 5.97 Å². The minimum atomic E-state index is -0.147. The molecule has 0 radical (unpaired) electrons. The second-order valence-corrected chi connectivity index (χ2v) is 4.75. The lowest BCUT2D eigenvalue weighted by atomic mass is 10.0. The summed E-state index contributed by atoms with van der Waals surface area (Å²) < 4.78 is 5.02. The van der Waals surface area contributed by atoms with Gasteiger partial charge < -0.3 is 4.74 Å². The number of hydrogen-bond donors (Lipinski definition) is 0. The molecule has 2 aromatic carbocycles. The first-order valence-electron chi connectivity index (χ1n) is 6.08. The predicted molar refractivity (Wildman–Crippen MR) is 70.2 cm³/mol. The van der Waals surface area contributed by atoms with Crippen LogP contribution >= 0.6 is 0 Å². The zero-order valence-electron chi connectivity index (χ0n) is 10.3. The highest BCUT2D eigenvalue weighted by atomic mass is 16.6. The van der Waals surface area contributed by atoms with Crippen molar-refractivity contribution in [3.63, 3.8) is 0 Å². The van der Waals surface area contributed by atoms with Gasteiger partial charge in [-0.05, 0) is 29.8 Å². The second kappa shape index (κ2) is 4.42. The van der Waals surface area contributed by atoms with Gasteiger partial charge in [-0.25, -0.2) is 0 Å². The lowest BCUT2D eigenvalue weighted by Crippen LogP contribution is -2.31. The maximum atomic E-state index is 11.6. The molecular weight excluding hydrogens is 226 g/mol. The topological polar surface area (TPSA) is 29.5 Å². The lowest BCUT2D eigenvalue weighted by molar-refractivity contribution is -0.139. The van der Waals surface area contributed by atoms with E-state index in [9.17, 15) is 4.79 Å². The van der Waals surface area contributed by atoms with Crippen molar-refractivity contribution < 1.29 is 9.53 Å². The molecule has 0 spiro atoms. The van der Waals surface area contributed by atoms with Crippen molar-refractivity contribution in [2.75, 3.05) is 13.8 Å². The molecule has 2 aromatic rings. The molecule has 3 rings (SSSR count). The minimum absolute atomic E-state index is 0.120. The normalized spacial score (nSPS) is 20.3. The molecule has 0 aromatic heterocycles. The number of carbonyl (C=O) groups is 1. The third-order valence-electron chi connectivity index (χ3n) is 3.46. The number of fused-ring (bicyclic) bond motifs is 1. The summed E-state index contributed by atoms with van der Waals surface area (Å²) in [5.41, 5.74) is 1.17. The van der Waals surface area contributed by atoms with Crippen LogP contribution in [-0.2, 0) is 16.0 Å². The summed E-state index contributed by atoms with van der Waals surface area (Å²) in [4.78, 5) is 13.5. The van der Waals surface area contributed by atoms with Crippen molar-refractivity contribution in [1.29, 1.82) is 0 Å².